The number of ether oxygens (including phenoxy) is 2. The first kappa shape index (κ1) is 16.2. The first-order valence-electron chi connectivity index (χ1n) is 7.55. The Labute approximate surface area is 131 Å². The van der Waals surface area contributed by atoms with E-state index in [0.717, 1.165) is 11.3 Å². The molecule has 1 amide bonds. The van der Waals surface area contributed by atoms with Gasteiger partial charge in [0.1, 0.15) is 6.61 Å². The monoisotopic (exact) mass is 304 g/mol. The van der Waals surface area contributed by atoms with Crippen molar-refractivity contribution in [1.82, 2.24) is 4.90 Å². The lowest BCUT2D eigenvalue weighted by atomic mass is 10.1. The number of hydrogen-bond acceptors (Lipinski definition) is 4. The number of amides is 1. The zero-order valence-electron chi connectivity index (χ0n) is 13.5. The zero-order chi connectivity index (χ0) is 16.1. The summed E-state index contributed by atoms with van der Waals surface area (Å²) in [6, 6.07) is 3.99. The molecule has 0 radical (unpaired) electrons. The maximum atomic E-state index is 12.3. The summed E-state index contributed by atoms with van der Waals surface area (Å²) in [6.07, 6.45) is 2.19. The van der Waals surface area contributed by atoms with Crippen LogP contribution in [0.5, 0.6) is 11.5 Å². The average Bonchev–Trinajstić information content (AvgIpc) is 2.48. The number of fused-ring (bicyclic) bond motifs is 1. The second-order valence-corrected chi connectivity index (χ2v) is 5.51. The molecule has 0 spiro atoms. The van der Waals surface area contributed by atoms with Gasteiger partial charge in [-0.2, -0.15) is 0 Å². The molecular formula is C17H24N2O3. The minimum Gasteiger partial charge on any atom is -0.493 e. The highest BCUT2D eigenvalue weighted by Crippen LogP contribution is 2.38. The number of nitrogens with zero attached hydrogens (tertiary/aromatic N) is 1. The second kappa shape index (κ2) is 7.20. The Hall–Kier alpha value is -2.17. The van der Waals surface area contributed by atoms with Crippen LogP contribution >= 0.6 is 0 Å². The minimum atomic E-state index is 0.136. The van der Waals surface area contributed by atoms with Gasteiger partial charge >= 0.3 is 0 Å². The average molecular weight is 304 g/mol. The molecule has 120 valence electrons. The standard InChI is InChI=1S/C17H24N2O3/c1-5-10-22-17-13-11-19(12(2)3)16(20)8-9-18-14(13)6-7-15(17)21-4/h5-7,12,18H,1,8-11H2,2-4H3. The van der Waals surface area contributed by atoms with Crippen LogP contribution in [0.25, 0.3) is 0 Å². The van der Waals surface area contributed by atoms with Crippen LogP contribution in [0, 0.1) is 0 Å². The number of carbonyl (C=O) groups excluding carboxylic acids is 1. The van der Waals surface area contributed by atoms with Gasteiger partial charge in [-0.25, -0.2) is 0 Å². The quantitative estimate of drug-likeness (QED) is 0.850. The zero-order valence-corrected chi connectivity index (χ0v) is 13.5. The Kier molecular flexibility index (Phi) is 5.31. The molecule has 0 bridgehead atoms. The molecule has 1 aliphatic heterocycles. The van der Waals surface area contributed by atoms with Gasteiger partial charge in [0.05, 0.1) is 13.7 Å². The number of benzene rings is 1. The van der Waals surface area contributed by atoms with Crippen molar-refractivity contribution in [3.63, 3.8) is 0 Å². The van der Waals surface area contributed by atoms with E-state index in [1.807, 2.05) is 30.9 Å². The minimum absolute atomic E-state index is 0.136. The normalized spacial score (nSPS) is 14.7. The van der Waals surface area contributed by atoms with Crippen LogP contribution in [-0.4, -0.2) is 37.1 Å². The molecule has 0 fully saturated rings. The van der Waals surface area contributed by atoms with Gasteiger partial charge in [-0.15, -0.1) is 0 Å². The van der Waals surface area contributed by atoms with Crippen molar-refractivity contribution in [2.45, 2.75) is 32.9 Å². The van der Waals surface area contributed by atoms with Crippen molar-refractivity contribution >= 4 is 11.6 Å². The Morgan fingerprint density at radius 2 is 2.23 bits per heavy atom. The van der Waals surface area contributed by atoms with Crippen LogP contribution in [0.15, 0.2) is 24.8 Å². The van der Waals surface area contributed by atoms with Gasteiger partial charge in [0, 0.05) is 30.3 Å². The fourth-order valence-corrected chi connectivity index (χ4v) is 2.57. The molecule has 2 rings (SSSR count). The van der Waals surface area contributed by atoms with Gasteiger partial charge in [0.25, 0.3) is 0 Å². The molecule has 0 saturated heterocycles. The SMILES string of the molecule is C=CCOc1c(OC)ccc2c1CN(C(C)C)C(=O)CCN2. The van der Waals surface area contributed by atoms with E-state index in [9.17, 15) is 4.79 Å². The Morgan fingerprint density at radius 1 is 1.45 bits per heavy atom. The van der Waals surface area contributed by atoms with E-state index in [1.54, 1.807) is 13.2 Å². The molecule has 5 nitrogen and oxygen atoms in total. The molecule has 0 aliphatic carbocycles. The van der Waals surface area contributed by atoms with Gasteiger partial charge in [-0.3, -0.25) is 4.79 Å². The maximum absolute atomic E-state index is 12.3. The third-order valence-corrected chi connectivity index (χ3v) is 3.72. The number of anilines is 1. The summed E-state index contributed by atoms with van der Waals surface area (Å²) in [6.45, 7) is 9.24. The van der Waals surface area contributed by atoms with E-state index in [2.05, 4.69) is 11.9 Å². The lowest BCUT2D eigenvalue weighted by molar-refractivity contribution is -0.133. The van der Waals surface area contributed by atoms with Crippen molar-refractivity contribution in [1.29, 1.82) is 0 Å². The predicted octanol–water partition coefficient (Wildman–Crippen LogP) is 2.81. The van der Waals surface area contributed by atoms with Crippen LogP contribution in [0.4, 0.5) is 5.69 Å². The van der Waals surface area contributed by atoms with Crippen LogP contribution in [-0.2, 0) is 11.3 Å². The first-order chi connectivity index (χ1) is 10.6. The van der Waals surface area contributed by atoms with Gasteiger partial charge in [0.2, 0.25) is 5.91 Å². The Balaban J connectivity index is 2.48. The maximum Gasteiger partial charge on any atom is 0.224 e. The summed E-state index contributed by atoms with van der Waals surface area (Å²) in [7, 11) is 1.62. The summed E-state index contributed by atoms with van der Waals surface area (Å²) in [4.78, 5) is 14.2. The smallest absolute Gasteiger partial charge is 0.224 e. The number of carbonyl (C=O) groups is 1. The van der Waals surface area contributed by atoms with Crippen molar-refractivity contribution in [3.8, 4) is 11.5 Å². The Bertz CT molecular complexity index is 555. The third-order valence-electron chi connectivity index (χ3n) is 3.72. The lowest BCUT2D eigenvalue weighted by Crippen LogP contribution is -2.38. The van der Waals surface area contributed by atoms with E-state index in [1.165, 1.54) is 0 Å². The van der Waals surface area contributed by atoms with Gasteiger partial charge in [-0.1, -0.05) is 12.7 Å². The van der Waals surface area contributed by atoms with Crippen LogP contribution in [0.3, 0.4) is 0 Å². The lowest BCUT2D eigenvalue weighted by Gasteiger charge is -2.31. The topological polar surface area (TPSA) is 50.8 Å². The molecule has 0 unspecified atom stereocenters. The molecule has 0 atom stereocenters. The molecule has 1 aromatic rings. The predicted molar refractivity (Wildman–Crippen MR) is 87.5 cm³/mol. The molecule has 5 heteroatoms. The fourth-order valence-electron chi connectivity index (χ4n) is 2.57. The molecule has 1 N–H and O–H groups in total. The van der Waals surface area contributed by atoms with Crippen LogP contribution in [0.1, 0.15) is 25.8 Å². The number of methoxy groups -OCH3 is 1. The molecular weight excluding hydrogens is 280 g/mol. The largest absolute Gasteiger partial charge is 0.493 e. The third kappa shape index (κ3) is 3.35. The molecule has 1 aromatic carbocycles. The van der Waals surface area contributed by atoms with Gasteiger partial charge in [-0.05, 0) is 26.0 Å². The van der Waals surface area contributed by atoms with Gasteiger partial charge in [0.15, 0.2) is 11.5 Å². The summed E-state index contributed by atoms with van der Waals surface area (Å²) < 4.78 is 11.2. The molecule has 22 heavy (non-hydrogen) atoms. The van der Waals surface area contributed by atoms with E-state index in [4.69, 9.17) is 9.47 Å². The second-order valence-electron chi connectivity index (χ2n) is 5.51. The van der Waals surface area contributed by atoms with E-state index in [0.29, 0.717) is 37.6 Å². The summed E-state index contributed by atoms with van der Waals surface area (Å²) in [5.41, 5.74) is 1.93. The number of nitrogens with one attached hydrogen (secondary N) is 1. The highest BCUT2D eigenvalue weighted by atomic mass is 16.5. The van der Waals surface area contributed by atoms with Crippen molar-refractivity contribution in [2.75, 3.05) is 25.6 Å². The number of rotatable bonds is 5. The summed E-state index contributed by atoms with van der Waals surface area (Å²) in [5.74, 6) is 1.48. The molecule has 1 heterocycles. The van der Waals surface area contributed by atoms with Crippen LogP contribution < -0.4 is 14.8 Å². The van der Waals surface area contributed by atoms with Crippen molar-refractivity contribution in [3.05, 3.63) is 30.4 Å². The van der Waals surface area contributed by atoms with E-state index in [-0.39, 0.29) is 11.9 Å². The summed E-state index contributed by atoms with van der Waals surface area (Å²) in [5, 5.41) is 3.31. The van der Waals surface area contributed by atoms with Crippen LogP contribution in [0.2, 0.25) is 0 Å². The summed E-state index contributed by atoms with van der Waals surface area (Å²) >= 11 is 0. The fraction of sp³-hybridized carbons (Fsp3) is 0.471. The van der Waals surface area contributed by atoms with E-state index >= 15 is 0 Å². The Morgan fingerprint density at radius 3 is 2.86 bits per heavy atom. The highest BCUT2D eigenvalue weighted by Gasteiger charge is 2.25. The van der Waals surface area contributed by atoms with Crippen molar-refractivity contribution in [2.24, 2.45) is 0 Å². The first-order valence-corrected chi connectivity index (χ1v) is 7.55. The van der Waals surface area contributed by atoms with E-state index < -0.39 is 0 Å². The molecule has 1 aliphatic rings. The molecule has 0 saturated carbocycles. The number of hydrogen-bond donors (Lipinski definition) is 1. The molecule has 0 aromatic heterocycles. The van der Waals surface area contributed by atoms with Crippen molar-refractivity contribution < 1.29 is 14.3 Å². The highest BCUT2D eigenvalue weighted by molar-refractivity contribution is 5.78. The van der Waals surface area contributed by atoms with Gasteiger partial charge < -0.3 is 19.7 Å².